The maximum absolute atomic E-state index is 11.9. The molecule has 0 heterocycles. The van der Waals surface area contributed by atoms with E-state index in [1.807, 2.05) is 30.3 Å². The van der Waals surface area contributed by atoms with Crippen molar-refractivity contribution in [2.45, 2.75) is 6.54 Å². The molecule has 5 heteroatoms. The lowest BCUT2D eigenvalue weighted by molar-refractivity contribution is 0.0951. The first-order valence-electron chi connectivity index (χ1n) is 5.95. The summed E-state index contributed by atoms with van der Waals surface area (Å²) in [5, 5.41) is 20.7. The highest BCUT2D eigenvalue weighted by Crippen LogP contribution is 2.01. The van der Waals surface area contributed by atoms with Crippen LogP contribution in [0.4, 0.5) is 0 Å². The van der Waals surface area contributed by atoms with Gasteiger partial charge in [0.15, 0.2) is 0 Å². The minimum atomic E-state index is -1.51. The first kappa shape index (κ1) is 13.3. The number of hydrogen-bond donors (Lipinski definition) is 3. The Bertz CT molecular complexity index is 546. The molecule has 0 saturated heterocycles. The third-order valence-corrected chi connectivity index (χ3v) is 2.77. The van der Waals surface area contributed by atoms with Gasteiger partial charge in [-0.1, -0.05) is 42.5 Å². The van der Waals surface area contributed by atoms with Crippen molar-refractivity contribution in [1.29, 1.82) is 0 Å². The molecule has 2 aromatic rings. The van der Waals surface area contributed by atoms with Crippen LogP contribution in [0.5, 0.6) is 0 Å². The molecule has 0 aliphatic rings. The van der Waals surface area contributed by atoms with Crippen LogP contribution in [-0.4, -0.2) is 23.1 Å². The van der Waals surface area contributed by atoms with Crippen LogP contribution in [0.2, 0.25) is 0 Å². The molecular weight excluding hydrogens is 241 g/mol. The molecule has 98 valence electrons. The summed E-state index contributed by atoms with van der Waals surface area (Å²) in [5.74, 6) is -0.192. The van der Waals surface area contributed by atoms with E-state index < -0.39 is 7.12 Å². The van der Waals surface area contributed by atoms with Crippen LogP contribution in [0.1, 0.15) is 17.3 Å². The number of hydrogen-bond acceptors (Lipinski definition) is 3. The second kappa shape index (κ2) is 6.18. The number of rotatable bonds is 4. The van der Waals surface area contributed by atoms with Crippen molar-refractivity contribution in [3.05, 3.63) is 65.7 Å². The van der Waals surface area contributed by atoms with Crippen LogP contribution in [0.25, 0.3) is 0 Å². The van der Waals surface area contributed by atoms with E-state index in [2.05, 4.69) is 5.32 Å². The SMILES string of the molecule is O=C(NCc1ccccc1)c1ccc(B(O)O)cc1.[HH]. The van der Waals surface area contributed by atoms with Crippen molar-refractivity contribution >= 4 is 18.5 Å². The summed E-state index contributed by atoms with van der Waals surface area (Å²) in [5.41, 5.74) is 1.87. The van der Waals surface area contributed by atoms with Gasteiger partial charge in [-0.3, -0.25) is 4.79 Å². The molecule has 2 rings (SSSR count). The third-order valence-electron chi connectivity index (χ3n) is 2.77. The lowest BCUT2D eigenvalue weighted by atomic mass is 9.80. The Morgan fingerprint density at radius 3 is 2.26 bits per heavy atom. The molecule has 1 amide bonds. The van der Waals surface area contributed by atoms with Crippen LogP contribution in [0, 0.1) is 0 Å². The minimum absolute atomic E-state index is 0. The third kappa shape index (κ3) is 3.68. The highest BCUT2D eigenvalue weighted by Gasteiger charge is 2.11. The Labute approximate surface area is 113 Å². The zero-order chi connectivity index (χ0) is 13.7. The van der Waals surface area contributed by atoms with E-state index in [4.69, 9.17) is 10.0 Å². The van der Waals surface area contributed by atoms with Crippen LogP contribution in [0.15, 0.2) is 54.6 Å². The van der Waals surface area contributed by atoms with E-state index in [1.54, 1.807) is 12.1 Å². The summed E-state index contributed by atoms with van der Waals surface area (Å²) >= 11 is 0. The van der Waals surface area contributed by atoms with Gasteiger partial charge in [-0.25, -0.2) is 0 Å². The molecule has 4 nitrogen and oxygen atoms in total. The standard InChI is InChI=1S/C14H14BNO3.H2/c17-14(16-10-11-4-2-1-3-5-11)12-6-8-13(9-7-12)15(18)19;/h1-9,18-19H,10H2,(H,16,17);1H. The van der Waals surface area contributed by atoms with Crippen molar-refractivity contribution < 1.29 is 16.3 Å². The Morgan fingerprint density at radius 2 is 1.68 bits per heavy atom. The second-order valence-electron chi connectivity index (χ2n) is 4.16. The van der Waals surface area contributed by atoms with Gasteiger partial charge in [0.1, 0.15) is 0 Å². The highest BCUT2D eigenvalue weighted by molar-refractivity contribution is 6.58. The van der Waals surface area contributed by atoms with Crippen molar-refractivity contribution in [3.8, 4) is 0 Å². The van der Waals surface area contributed by atoms with Crippen molar-refractivity contribution in [1.82, 2.24) is 5.32 Å². The minimum Gasteiger partial charge on any atom is -0.423 e. The molecule has 2 aromatic carbocycles. The summed E-state index contributed by atoms with van der Waals surface area (Å²) < 4.78 is 0. The number of benzene rings is 2. The van der Waals surface area contributed by atoms with E-state index in [0.717, 1.165) is 5.56 Å². The van der Waals surface area contributed by atoms with Crippen molar-refractivity contribution in [2.75, 3.05) is 0 Å². The first-order chi connectivity index (χ1) is 9.16. The van der Waals surface area contributed by atoms with Gasteiger partial charge in [-0.05, 0) is 23.2 Å². The van der Waals surface area contributed by atoms with Crippen LogP contribution < -0.4 is 10.8 Å². The zero-order valence-electron chi connectivity index (χ0n) is 10.3. The Morgan fingerprint density at radius 1 is 1.05 bits per heavy atom. The average Bonchev–Trinajstić information content (AvgIpc) is 2.46. The Balaban J connectivity index is 0.00000200. The van der Waals surface area contributed by atoms with Crippen LogP contribution in [-0.2, 0) is 6.54 Å². The molecule has 0 bridgehead atoms. The summed E-state index contributed by atoms with van der Waals surface area (Å²) in [6.45, 7) is 0.462. The molecule has 0 aliphatic carbocycles. The molecular formula is C14H16BNO3. The molecule has 0 radical (unpaired) electrons. The molecule has 0 aliphatic heterocycles. The number of carbonyl (C=O) groups is 1. The van der Waals surface area contributed by atoms with E-state index >= 15 is 0 Å². The van der Waals surface area contributed by atoms with E-state index in [0.29, 0.717) is 17.6 Å². The van der Waals surface area contributed by atoms with Gasteiger partial charge in [0, 0.05) is 13.5 Å². The van der Waals surface area contributed by atoms with Gasteiger partial charge in [0.25, 0.3) is 5.91 Å². The maximum Gasteiger partial charge on any atom is 0.488 e. The molecule has 0 saturated carbocycles. The largest absolute Gasteiger partial charge is 0.488 e. The smallest absolute Gasteiger partial charge is 0.423 e. The van der Waals surface area contributed by atoms with Crippen LogP contribution in [0.3, 0.4) is 0 Å². The quantitative estimate of drug-likeness (QED) is 0.700. The monoisotopic (exact) mass is 257 g/mol. The first-order valence-corrected chi connectivity index (χ1v) is 5.95. The molecule has 0 spiro atoms. The van der Waals surface area contributed by atoms with E-state index in [-0.39, 0.29) is 7.33 Å². The van der Waals surface area contributed by atoms with E-state index in [9.17, 15) is 4.79 Å². The second-order valence-corrected chi connectivity index (χ2v) is 4.16. The summed E-state index contributed by atoms with van der Waals surface area (Å²) in [4.78, 5) is 11.9. The van der Waals surface area contributed by atoms with Crippen molar-refractivity contribution in [2.24, 2.45) is 0 Å². The molecule has 0 atom stereocenters. The van der Waals surface area contributed by atoms with Gasteiger partial charge in [-0.2, -0.15) is 0 Å². The molecule has 3 N–H and O–H groups in total. The van der Waals surface area contributed by atoms with Gasteiger partial charge in [-0.15, -0.1) is 0 Å². The molecule has 0 fully saturated rings. The highest BCUT2D eigenvalue weighted by atomic mass is 16.4. The maximum atomic E-state index is 11.9. The topological polar surface area (TPSA) is 69.6 Å². The van der Waals surface area contributed by atoms with E-state index in [1.165, 1.54) is 12.1 Å². The lowest BCUT2D eigenvalue weighted by Gasteiger charge is -2.06. The average molecular weight is 257 g/mol. The molecule has 0 unspecified atom stereocenters. The van der Waals surface area contributed by atoms with Crippen molar-refractivity contribution in [3.63, 3.8) is 0 Å². The summed E-state index contributed by atoms with van der Waals surface area (Å²) in [7, 11) is -1.51. The predicted octanol–water partition coefficient (Wildman–Crippen LogP) is 0.542. The predicted molar refractivity (Wildman–Crippen MR) is 76.0 cm³/mol. The van der Waals surface area contributed by atoms with Gasteiger partial charge in [0.05, 0.1) is 0 Å². The number of nitrogens with one attached hydrogen (secondary N) is 1. The summed E-state index contributed by atoms with van der Waals surface area (Å²) in [6, 6.07) is 15.8. The molecule has 0 aromatic heterocycles. The number of amides is 1. The summed E-state index contributed by atoms with van der Waals surface area (Å²) in [6.07, 6.45) is 0. The normalized spacial score (nSPS) is 10.0. The van der Waals surface area contributed by atoms with Crippen LogP contribution >= 0.6 is 0 Å². The fourth-order valence-corrected chi connectivity index (χ4v) is 1.69. The van der Waals surface area contributed by atoms with Gasteiger partial charge >= 0.3 is 7.12 Å². The fourth-order valence-electron chi connectivity index (χ4n) is 1.69. The van der Waals surface area contributed by atoms with Gasteiger partial charge < -0.3 is 15.4 Å². The van der Waals surface area contributed by atoms with Gasteiger partial charge in [0.2, 0.25) is 0 Å². The lowest BCUT2D eigenvalue weighted by Crippen LogP contribution is -2.30. The molecule has 19 heavy (non-hydrogen) atoms. The number of carbonyl (C=O) groups excluding carboxylic acids is 1. The Kier molecular flexibility index (Phi) is 4.33. The zero-order valence-corrected chi connectivity index (χ0v) is 10.3. The Hall–Kier alpha value is -2.11. The fraction of sp³-hybridized carbons (Fsp3) is 0.0714.